The molecule has 0 radical (unpaired) electrons. The van der Waals surface area contributed by atoms with Gasteiger partial charge in [-0.25, -0.2) is 4.98 Å². The average molecular weight is 423 g/mol. The normalized spacial score (nSPS) is 18.0. The number of rotatable bonds is 7. The molecule has 1 atom stereocenters. The number of amides is 1. The van der Waals surface area contributed by atoms with Crippen LogP contribution >= 0.6 is 11.3 Å². The Morgan fingerprint density at radius 3 is 2.63 bits per heavy atom. The van der Waals surface area contributed by atoms with Gasteiger partial charge in [0.2, 0.25) is 5.91 Å². The third-order valence-corrected chi connectivity index (χ3v) is 6.88. The van der Waals surface area contributed by atoms with Gasteiger partial charge in [0.05, 0.1) is 12.5 Å². The lowest BCUT2D eigenvalue weighted by Gasteiger charge is -2.23. The number of hydrogen-bond donors (Lipinski definition) is 0. The quantitative estimate of drug-likeness (QED) is 0.574. The summed E-state index contributed by atoms with van der Waals surface area (Å²) >= 11 is 1.75. The Morgan fingerprint density at radius 2 is 1.93 bits per heavy atom. The first-order chi connectivity index (χ1) is 14.7. The van der Waals surface area contributed by atoms with Crippen molar-refractivity contribution in [3.8, 4) is 10.4 Å². The molecular weight excluding hydrogens is 392 g/mol. The lowest BCUT2D eigenvalue weighted by Crippen LogP contribution is -2.37. The Hall–Kier alpha value is -2.44. The maximum atomic E-state index is 13.2. The van der Waals surface area contributed by atoms with Gasteiger partial charge in [0.15, 0.2) is 0 Å². The predicted molar refractivity (Wildman–Crippen MR) is 122 cm³/mol. The van der Waals surface area contributed by atoms with Crippen LogP contribution in [0.4, 0.5) is 0 Å². The molecule has 0 saturated carbocycles. The van der Waals surface area contributed by atoms with Crippen molar-refractivity contribution >= 4 is 17.2 Å². The lowest BCUT2D eigenvalue weighted by molar-refractivity contribution is -0.134. The molecule has 0 N–H and O–H groups in total. The van der Waals surface area contributed by atoms with E-state index in [4.69, 9.17) is 0 Å². The molecule has 3 aromatic rings. The molecule has 3 heterocycles. The molecule has 5 nitrogen and oxygen atoms in total. The van der Waals surface area contributed by atoms with E-state index < -0.39 is 0 Å². The molecule has 1 fully saturated rings. The molecular formula is C24H30N4OS. The van der Waals surface area contributed by atoms with Crippen LogP contribution in [-0.2, 0) is 24.3 Å². The van der Waals surface area contributed by atoms with Crippen LogP contribution in [0.15, 0.2) is 54.2 Å². The summed E-state index contributed by atoms with van der Waals surface area (Å²) in [6, 6.07) is 12.9. The third kappa shape index (κ3) is 4.65. The summed E-state index contributed by atoms with van der Waals surface area (Å²) in [5.74, 6) is 1.33. The Bertz CT molecular complexity index is 948. The van der Waals surface area contributed by atoms with Gasteiger partial charge in [-0.1, -0.05) is 30.3 Å². The summed E-state index contributed by atoms with van der Waals surface area (Å²) in [6.07, 6.45) is 4.68. The summed E-state index contributed by atoms with van der Waals surface area (Å²) in [7, 11) is 0. The smallest absolute Gasteiger partial charge is 0.227 e. The van der Waals surface area contributed by atoms with Gasteiger partial charge in [0.1, 0.15) is 5.82 Å². The van der Waals surface area contributed by atoms with Crippen LogP contribution in [0.1, 0.15) is 25.2 Å². The second kappa shape index (κ2) is 9.58. The SMILES string of the molecule is CCN1CCN(Cc2nccn2CC)C[C@@H](Cc2ccc(-c3cccs3)cc2)C1=O. The first-order valence-corrected chi connectivity index (χ1v) is 11.7. The fraction of sp³-hybridized carbons (Fsp3) is 0.417. The molecule has 1 aliphatic heterocycles. The van der Waals surface area contributed by atoms with Crippen LogP contribution in [0.25, 0.3) is 10.4 Å². The molecule has 158 valence electrons. The molecule has 0 bridgehead atoms. The van der Waals surface area contributed by atoms with Crippen LogP contribution in [0.2, 0.25) is 0 Å². The average Bonchev–Trinajstić information content (AvgIpc) is 3.43. The van der Waals surface area contributed by atoms with Crippen molar-refractivity contribution in [3.05, 3.63) is 65.6 Å². The number of hydrogen-bond acceptors (Lipinski definition) is 4. The largest absolute Gasteiger partial charge is 0.341 e. The predicted octanol–water partition coefficient (Wildman–Crippen LogP) is 4.15. The number of thiophene rings is 1. The minimum atomic E-state index is -0.0231. The van der Waals surface area contributed by atoms with Gasteiger partial charge in [0, 0.05) is 50.0 Å². The molecule has 4 rings (SSSR count). The zero-order valence-corrected chi connectivity index (χ0v) is 18.6. The summed E-state index contributed by atoms with van der Waals surface area (Å²) in [4.78, 5) is 23.4. The Morgan fingerprint density at radius 1 is 1.10 bits per heavy atom. The van der Waals surface area contributed by atoms with E-state index in [0.29, 0.717) is 0 Å². The van der Waals surface area contributed by atoms with Gasteiger partial charge in [-0.15, -0.1) is 11.3 Å². The first-order valence-electron chi connectivity index (χ1n) is 10.8. The van der Waals surface area contributed by atoms with Crippen molar-refractivity contribution < 1.29 is 4.79 Å². The summed E-state index contributed by atoms with van der Waals surface area (Å²) < 4.78 is 2.18. The number of aromatic nitrogens is 2. The zero-order valence-electron chi connectivity index (χ0n) is 17.8. The lowest BCUT2D eigenvalue weighted by atomic mass is 9.96. The molecule has 0 aliphatic carbocycles. The van der Waals surface area contributed by atoms with Gasteiger partial charge in [-0.2, -0.15) is 0 Å². The number of aryl methyl sites for hydroxylation is 1. The fourth-order valence-corrected chi connectivity index (χ4v) is 4.97. The molecule has 0 unspecified atom stereocenters. The standard InChI is InChI=1S/C24H30N4OS/c1-3-27-12-11-25-23(27)18-26-13-14-28(4-2)24(29)21(17-26)16-19-7-9-20(10-8-19)22-6-5-15-30-22/h5-12,15,21H,3-4,13-14,16-18H2,1-2H3/t21-/m1/s1. The van der Waals surface area contributed by atoms with Crippen molar-refractivity contribution in [2.24, 2.45) is 5.92 Å². The Kier molecular flexibility index (Phi) is 6.65. The van der Waals surface area contributed by atoms with E-state index in [2.05, 4.69) is 70.1 Å². The first kappa shape index (κ1) is 20.8. The number of carbonyl (C=O) groups is 1. The van der Waals surface area contributed by atoms with Gasteiger partial charge in [-0.3, -0.25) is 9.69 Å². The van der Waals surface area contributed by atoms with Gasteiger partial charge < -0.3 is 9.47 Å². The van der Waals surface area contributed by atoms with E-state index in [1.54, 1.807) is 11.3 Å². The molecule has 1 saturated heterocycles. The van der Waals surface area contributed by atoms with E-state index >= 15 is 0 Å². The molecule has 30 heavy (non-hydrogen) atoms. The summed E-state index contributed by atoms with van der Waals surface area (Å²) in [5.41, 5.74) is 2.46. The molecule has 1 aliphatic rings. The highest BCUT2D eigenvalue weighted by atomic mass is 32.1. The molecule has 1 amide bonds. The van der Waals surface area contributed by atoms with Crippen molar-refractivity contribution in [1.82, 2.24) is 19.4 Å². The Balaban J connectivity index is 1.49. The number of imidazole rings is 1. The number of nitrogens with zero attached hydrogens (tertiary/aromatic N) is 4. The fourth-order valence-electron chi connectivity index (χ4n) is 4.23. The second-order valence-corrected chi connectivity index (χ2v) is 8.81. The highest BCUT2D eigenvalue weighted by Crippen LogP contribution is 2.26. The van der Waals surface area contributed by atoms with E-state index in [9.17, 15) is 4.79 Å². The number of benzene rings is 1. The van der Waals surface area contributed by atoms with Crippen LogP contribution in [0.3, 0.4) is 0 Å². The minimum absolute atomic E-state index is 0.0231. The Labute approximate surface area is 183 Å². The van der Waals surface area contributed by atoms with Crippen LogP contribution < -0.4 is 0 Å². The summed E-state index contributed by atoms with van der Waals surface area (Å²) in [5, 5.41) is 2.10. The highest BCUT2D eigenvalue weighted by Gasteiger charge is 2.30. The number of likely N-dealkylation sites (N-methyl/N-ethyl adjacent to an activating group) is 1. The maximum absolute atomic E-state index is 13.2. The van der Waals surface area contributed by atoms with Gasteiger partial charge >= 0.3 is 0 Å². The highest BCUT2D eigenvalue weighted by molar-refractivity contribution is 7.13. The molecule has 2 aromatic heterocycles. The number of carbonyl (C=O) groups excluding carboxylic acids is 1. The zero-order chi connectivity index (χ0) is 20.9. The summed E-state index contributed by atoms with van der Waals surface area (Å²) in [6.45, 7) is 9.15. The van der Waals surface area contributed by atoms with Crippen molar-refractivity contribution in [1.29, 1.82) is 0 Å². The third-order valence-electron chi connectivity index (χ3n) is 5.96. The van der Waals surface area contributed by atoms with Crippen LogP contribution in [0.5, 0.6) is 0 Å². The van der Waals surface area contributed by atoms with Gasteiger partial charge in [0.25, 0.3) is 0 Å². The molecule has 6 heteroatoms. The minimum Gasteiger partial charge on any atom is -0.341 e. The van der Waals surface area contributed by atoms with E-state index in [0.717, 1.165) is 51.5 Å². The monoisotopic (exact) mass is 422 g/mol. The van der Waals surface area contributed by atoms with E-state index in [1.807, 2.05) is 17.3 Å². The van der Waals surface area contributed by atoms with Crippen molar-refractivity contribution in [2.45, 2.75) is 33.4 Å². The van der Waals surface area contributed by atoms with Crippen LogP contribution in [-0.4, -0.2) is 51.4 Å². The topological polar surface area (TPSA) is 41.4 Å². The van der Waals surface area contributed by atoms with Gasteiger partial charge in [-0.05, 0) is 42.8 Å². The van der Waals surface area contributed by atoms with Crippen molar-refractivity contribution in [3.63, 3.8) is 0 Å². The van der Waals surface area contributed by atoms with E-state index in [-0.39, 0.29) is 11.8 Å². The van der Waals surface area contributed by atoms with Crippen molar-refractivity contribution in [2.75, 3.05) is 26.2 Å². The second-order valence-electron chi connectivity index (χ2n) is 7.86. The molecule has 0 spiro atoms. The molecule has 1 aromatic carbocycles. The van der Waals surface area contributed by atoms with Crippen LogP contribution in [0, 0.1) is 5.92 Å². The van der Waals surface area contributed by atoms with E-state index in [1.165, 1.54) is 16.0 Å². The maximum Gasteiger partial charge on any atom is 0.227 e.